The Hall–Kier alpha value is -0.460. The van der Waals surface area contributed by atoms with Crippen molar-refractivity contribution in [2.75, 3.05) is 59.1 Å². The molecule has 0 amide bonds. The first-order valence-electron chi connectivity index (χ1n) is 10.2. The van der Waals surface area contributed by atoms with E-state index in [1.165, 1.54) is 76.9 Å². The maximum Gasteiger partial charge on any atom is 0.191 e. The molecule has 0 aromatic rings. The Labute approximate surface area is 158 Å². The molecule has 3 heterocycles. The van der Waals surface area contributed by atoms with Crippen LogP contribution >= 0.6 is 11.8 Å². The van der Waals surface area contributed by atoms with Crippen molar-refractivity contribution < 1.29 is 0 Å². The van der Waals surface area contributed by atoms with E-state index < -0.39 is 0 Å². The van der Waals surface area contributed by atoms with Crippen molar-refractivity contribution in [3.63, 3.8) is 0 Å². The van der Waals surface area contributed by atoms with Gasteiger partial charge in [0.1, 0.15) is 0 Å². The van der Waals surface area contributed by atoms with Gasteiger partial charge in [0, 0.05) is 30.9 Å². The summed E-state index contributed by atoms with van der Waals surface area (Å²) in [6, 6.07) is 0. The molecule has 25 heavy (non-hydrogen) atoms. The van der Waals surface area contributed by atoms with Crippen LogP contribution in [0.2, 0.25) is 0 Å². The summed E-state index contributed by atoms with van der Waals surface area (Å²) in [6.07, 6.45) is 9.39. The van der Waals surface area contributed by atoms with Crippen molar-refractivity contribution in [1.82, 2.24) is 20.4 Å². The summed E-state index contributed by atoms with van der Waals surface area (Å²) in [7, 11) is 4.16. The zero-order valence-electron chi connectivity index (χ0n) is 16.2. The van der Waals surface area contributed by atoms with E-state index in [4.69, 9.17) is 0 Å². The summed E-state index contributed by atoms with van der Waals surface area (Å²) in [5.74, 6) is 2.31. The lowest BCUT2D eigenvalue weighted by Gasteiger charge is -2.50. The molecule has 0 bridgehead atoms. The second kappa shape index (κ2) is 9.47. The lowest BCUT2D eigenvalue weighted by atomic mass is 9.84. The molecule has 0 aliphatic carbocycles. The standard InChI is InChI=1S/C19H37N5S/c1-20-18(21-15-17-7-6-14-25-17)22-16-19(8-12-23(2)13-9-19)24-10-4-3-5-11-24/h17H,3-16H2,1-2H3,(H2,20,21,22). The molecular weight excluding hydrogens is 330 g/mol. The van der Waals surface area contributed by atoms with Crippen LogP contribution in [0.25, 0.3) is 0 Å². The Morgan fingerprint density at radius 2 is 1.84 bits per heavy atom. The number of nitrogens with one attached hydrogen (secondary N) is 2. The van der Waals surface area contributed by atoms with E-state index in [1.54, 1.807) is 0 Å². The van der Waals surface area contributed by atoms with Gasteiger partial charge in [-0.1, -0.05) is 6.42 Å². The number of aliphatic imine (C=N–C) groups is 1. The minimum Gasteiger partial charge on any atom is -0.355 e. The fraction of sp³-hybridized carbons (Fsp3) is 0.947. The van der Waals surface area contributed by atoms with E-state index in [9.17, 15) is 0 Å². The molecular formula is C19H37N5S. The molecule has 0 aromatic heterocycles. The van der Waals surface area contributed by atoms with Crippen molar-refractivity contribution in [1.29, 1.82) is 0 Å². The van der Waals surface area contributed by atoms with E-state index in [1.807, 2.05) is 7.05 Å². The molecule has 5 nitrogen and oxygen atoms in total. The van der Waals surface area contributed by atoms with E-state index in [0.717, 1.165) is 24.3 Å². The number of likely N-dealkylation sites (tertiary alicyclic amines) is 2. The number of piperidine rings is 2. The number of guanidine groups is 1. The largest absolute Gasteiger partial charge is 0.355 e. The smallest absolute Gasteiger partial charge is 0.191 e. The van der Waals surface area contributed by atoms with Crippen LogP contribution in [0, 0.1) is 0 Å². The van der Waals surface area contributed by atoms with Gasteiger partial charge in [0.2, 0.25) is 0 Å². The van der Waals surface area contributed by atoms with Gasteiger partial charge in [0.05, 0.1) is 0 Å². The monoisotopic (exact) mass is 367 g/mol. The molecule has 0 aromatic carbocycles. The molecule has 3 fully saturated rings. The first-order chi connectivity index (χ1) is 12.2. The molecule has 6 heteroatoms. The minimum absolute atomic E-state index is 0.312. The lowest BCUT2D eigenvalue weighted by Crippen LogP contribution is -2.62. The fourth-order valence-electron chi connectivity index (χ4n) is 4.49. The molecule has 3 aliphatic heterocycles. The van der Waals surface area contributed by atoms with Crippen LogP contribution in [-0.4, -0.2) is 85.7 Å². The average molecular weight is 368 g/mol. The summed E-state index contributed by atoms with van der Waals surface area (Å²) in [6.45, 7) is 7.04. The van der Waals surface area contributed by atoms with Crippen molar-refractivity contribution in [2.45, 2.75) is 55.7 Å². The Balaban J connectivity index is 1.55. The van der Waals surface area contributed by atoms with Crippen LogP contribution in [0.15, 0.2) is 4.99 Å². The first kappa shape index (κ1) is 19.3. The second-order valence-corrected chi connectivity index (χ2v) is 9.43. The van der Waals surface area contributed by atoms with Crippen LogP contribution in [0.3, 0.4) is 0 Å². The molecule has 1 atom stereocenters. The summed E-state index contributed by atoms with van der Waals surface area (Å²) < 4.78 is 0. The highest BCUT2D eigenvalue weighted by Gasteiger charge is 2.39. The molecule has 3 aliphatic rings. The fourth-order valence-corrected chi connectivity index (χ4v) is 5.69. The van der Waals surface area contributed by atoms with Crippen LogP contribution in [0.5, 0.6) is 0 Å². The molecule has 0 radical (unpaired) electrons. The normalized spacial score (nSPS) is 28.9. The number of thioether (sulfide) groups is 1. The third-order valence-electron chi connectivity index (χ3n) is 6.27. The van der Waals surface area contributed by atoms with Gasteiger partial charge in [0.15, 0.2) is 5.96 Å². The zero-order chi connectivity index (χ0) is 17.5. The Morgan fingerprint density at radius 3 is 2.48 bits per heavy atom. The van der Waals surface area contributed by atoms with Crippen molar-refractivity contribution in [3.8, 4) is 0 Å². The van der Waals surface area contributed by atoms with E-state index in [-0.39, 0.29) is 0 Å². The Bertz CT molecular complexity index is 422. The quantitative estimate of drug-likeness (QED) is 0.575. The molecule has 3 saturated heterocycles. The summed E-state index contributed by atoms with van der Waals surface area (Å²) in [4.78, 5) is 9.75. The zero-order valence-corrected chi connectivity index (χ0v) is 17.0. The maximum atomic E-state index is 4.48. The van der Waals surface area contributed by atoms with Gasteiger partial charge < -0.3 is 15.5 Å². The summed E-state index contributed by atoms with van der Waals surface area (Å²) >= 11 is 2.10. The van der Waals surface area contributed by atoms with Gasteiger partial charge in [-0.2, -0.15) is 11.8 Å². The molecule has 0 saturated carbocycles. The molecule has 144 valence electrons. The number of nitrogens with zero attached hydrogens (tertiary/aromatic N) is 3. The van der Waals surface area contributed by atoms with Crippen molar-refractivity contribution in [2.24, 2.45) is 4.99 Å². The third kappa shape index (κ3) is 5.27. The van der Waals surface area contributed by atoms with Gasteiger partial charge in [-0.05, 0) is 77.5 Å². The lowest BCUT2D eigenvalue weighted by molar-refractivity contribution is 0.0173. The SMILES string of the molecule is CN=C(NCC1CCCS1)NCC1(N2CCCCC2)CCN(C)CC1. The average Bonchev–Trinajstić information content (AvgIpc) is 3.18. The highest BCUT2D eigenvalue weighted by atomic mass is 32.2. The molecule has 0 spiro atoms. The van der Waals surface area contributed by atoms with E-state index in [2.05, 4.69) is 44.2 Å². The number of hydrogen-bond donors (Lipinski definition) is 2. The van der Waals surface area contributed by atoms with Gasteiger partial charge >= 0.3 is 0 Å². The van der Waals surface area contributed by atoms with Crippen LogP contribution in [-0.2, 0) is 0 Å². The van der Waals surface area contributed by atoms with Crippen molar-refractivity contribution >= 4 is 17.7 Å². The van der Waals surface area contributed by atoms with Gasteiger partial charge in [-0.25, -0.2) is 0 Å². The summed E-state index contributed by atoms with van der Waals surface area (Å²) in [5, 5.41) is 8.02. The number of rotatable bonds is 5. The van der Waals surface area contributed by atoms with Gasteiger partial charge in [-0.3, -0.25) is 9.89 Å². The van der Waals surface area contributed by atoms with Crippen LogP contribution in [0.4, 0.5) is 0 Å². The Kier molecular flexibility index (Phi) is 7.31. The van der Waals surface area contributed by atoms with Crippen molar-refractivity contribution in [3.05, 3.63) is 0 Å². The highest BCUT2D eigenvalue weighted by Crippen LogP contribution is 2.31. The maximum absolute atomic E-state index is 4.48. The number of hydrogen-bond acceptors (Lipinski definition) is 4. The highest BCUT2D eigenvalue weighted by molar-refractivity contribution is 8.00. The van der Waals surface area contributed by atoms with Crippen LogP contribution < -0.4 is 10.6 Å². The van der Waals surface area contributed by atoms with Gasteiger partial charge in [0.25, 0.3) is 0 Å². The molecule has 3 rings (SSSR count). The molecule has 2 N–H and O–H groups in total. The summed E-state index contributed by atoms with van der Waals surface area (Å²) in [5.41, 5.74) is 0.312. The Morgan fingerprint density at radius 1 is 1.08 bits per heavy atom. The van der Waals surface area contributed by atoms with E-state index in [0.29, 0.717) is 5.54 Å². The predicted octanol–water partition coefficient (Wildman–Crippen LogP) is 2.00. The second-order valence-electron chi connectivity index (χ2n) is 8.02. The van der Waals surface area contributed by atoms with E-state index >= 15 is 0 Å². The first-order valence-corrected chi connectivity index (χ1v) is 11.3. The third-order valence-corrected chi connectivity index (χ3v) is 7.67. The predicted molar refractivity (Wildman–Crippen MR) is 110 cm³/mol. The van der Waals surface area contributed by atoms with Crippen LogP contribution in [0.1, 0.15) is 44.9 Å². The topological polar surface area (TPSA) is 42.9 Å². The minimum atomic E-state index is 0.312. The van der Waals surface area contributed by atoms with Gasteiger partial charge in [-0.15, -0.1) is 0 Å². The molecule has 1 unspecified atom stereocenters.